The molecule has 1 aliphatic rings. The first-order chi connectivity index (χ1) is 18.9. The molecule has 1 aromatic rings. The number of aryl methyl sites for hydroxylation is 1. The lowest BCUT2D eigenvalue weighted by atomic mass is 9.89. The number of nitrogens with one attached hydrogen (secondary N) is 1. The van der Waals surface area contributed by atoms with Crippen molar-refractivity contribution < 1.29 is 24.5 Å². The van der Waals surface area contributed by atoms with Crippen LogP contribution in [0.5, 0.6) is 0 Å². The van der Waals surface area contributed by atoms with Gasteiger partial charge in [-0.05, 0) is 56.6 Å². The van der Waals surface area contributed by atoms with Gasteiger partial charge in [-0.1, -0.05) is 48.6 Å². The third-order valence-electron chi connectivity index (χ3n) is 7.08. The van der Waals surface area contributed by atoms with Gasteiger partial charge in [0, 0.05) is 38.1 Å². The van der Waals surface area contributed by atoms with Crippen molar-refractivity contribution >= 4 is 11.9 Å². The number of carbonyl (C=O) groups is 2. The van der Waals surface area contributed by atoms with Crippen molar-refractivity contribution in [2.45, 2.75) is 83.0 Å². The average molecular weight is 534 g/mol. The molecule has 0 radical (unpaired) electrons. The maximum absolute atomic E-state index is 12.9. The van der Waals surface area contributed by atoms with Crippen LogP contribution in [0.15, 0.2) is 54.6 Å². The lowest BCUT2D eigenvalue weighted by Gasteiger charge is -2.22. The first-order valence-corrected chi connectivity index (χ1v) is 14.0. The Labute approximate surface area is 233 Å². The minimum absolute atomic E-state index is 0.0536. The summed E-state index contributed by atoms with van der Waals surface area (Å²) in [6, 6.07) is 9.94. The standard InChI is InChI=1S/C33H43NO5/c1-4-14-26(15-5-2)33(38)39-27(21-20-25-16-10-9-11-17-25)22-23-29-28(30(35)24-31(29)36)18-12-7-8-13-19-32(37)34-6-3/h1-2,7,9-12,16-17,22-23,26-31,35-36H,6,8,13-15,18-21,24H2,3H3,(H,34,37)/b12-7-,23-22?/t27?,28-,29-,30+,31-/m1/s1. The van der Waals surface area contributed by atoms with Crippen LogP contribution in [0.25, 0.3) is 0 Å². The molecule has 1 aromatic carbocycles. The molecule has 1 saturated carbocycles. The quantitative estimate of drug-likeness (QED) is 0.127. The SMILES string of the molecule is C#CCC(CC#C)C(=O)OC(C=C[C@@H]1[C@@H](C/C=C\CCCC(=O)NCC)[C@@H](O)C[C@H]1O)CCc1ccccc1. The van der Waals surface area contributed by atoms with Crippen molar-refractivity contribution in [3.63, 3.8) is 0 Å². The summed E-state index contributed by atoms with van der Waals surface area (Å²) in [4.78, 5) is 24.4. The van der Waals surface area contributed by atoms with E-state index < -0.39 is 30.2 Å². The molecule has 0 aromatic heterocycles. The molecule has 1 fully saturated rings. The Morgan fingerprint density at radius 2 is 1.85 bits per heavy atom. The number of ether oxygens (including phenoxy) is 1. The van der Waals surface area contributed by atoms with E-state index in [0.717, 1.165) is 18.4 Å². The minimum Gasteiger partial charge on any atom is -0.458 e. The van der Waals surface area contributed by atoms with Gasteiger partial charge in [-0.3, -0.25) is 9.59 Å². The van der Waals surface area contributed by atoms with Gasteiger partial charge in [0.1, 0.15) is 6.10 Å². The summed E-state index contributed by atoms with van der Waals surface area (Å²) < 4.78 is 5.85. The van der Waals surface area contributed by atoms with Gasteiger partial charge < -0.3 is 20.3 Å². The van der Waals surface area contributed by atoms with Gasteiger partial charge in [-0.25, -0.2) is 0 Å². The van der Waals surface area contributed by atoms with Crippen LogP contribution in [-0.2, 0) is 20.7 Å². The van der Waals surface area contributed by atoms with Crippen LogP contribution < -0.4 is 5.32 Å². The predicted octanol–water partition coefficient (Wildman–Crippen LogP) is 4.36. The van der Waals surface area contributed by atoms with Crippen molar-refractivity contribution in [1.82, 2.24) is 5.32 Å². The fraction of sp³-hybridized carbons (Fsp3) is 0.515. The second-order valence-electron chi connectivity index (χ2n) is 10.1. The summed E-state index contributed by atoms with van der Waals surface area (Å²) >= 11 is 0. The Kier molecular flexibility index (Phi) is 14.8. The van der Waals surface area contributed by atoms with E-state index in [-0.39, 0.29) is 30.6 Å². The highest BCUT2D eigenvalue weighted by atomic mass is 16.5. The summed E-state index contributed by atoms with van der Waals surface area (Å²) in [6.45, 7) is 2.53. The fourth-order valence-corrected chi connectivity index (χ4v) is 4.91. The number of aliphatic hydroxyl groups is 2. The van der Waals surface area contributed by atoms with Gasteiger partial charge in [-0.15, -0.1) is 24.7 Å². The summed E-state index contributed by atoms with van der Waals surface area (Å²) in [6.07, 6.45) is 21.4. The Morgan fingerprint density at radius 1 is 1.13 bits per heavy atom. The Morgan fingerprint density at radius 3 is 2.51 bits per heavy atom. The van der Waals surface area contributed by atoms with Crippen molar-refractivity contribution in [3.05, 3.63) is 60.2 Å². The molecular weight excluding hydrogens is 490 g/mol. The zero-order valence-electron chi connectivity index (χ0n) is 23.0. The smallest absolute Gasteiger partial charge is 0.311 e. The van der Waals surface area contributed by atoms with Crippen LogP contribution in [0, 0.1) is 42.4 Å². The highest BCUT2D eigenvalue weighted by molar-refractivity contribution is 5.75. The number of rotatable bonds is 16. The molecule has 0 bridgehead atoms. The van der Waals surface area contributed by atoms with Crippen molar-refractivity contribution in [2.75, 3.05) is 6.54 Å². The first kappa shape index (κ1) is 31.9. The van der Waals surface area contributed by atoms with Crippen LogP contribution in [-0.4, -0.2) is 46.9 Å². The van der Waals surface area contributed by atoms with E-state index in [1.54, 1.807) is 0 Å². The molecule has 3 N–H and O–H groups in total. The third-order valence-corrected chi connectivity index (χ3v) is 7.08. The lowest BCUT2D eigenvalue weighted by Crippen LogP contribution is -2.25. The van der Waals surface area contributed by atoms with Crippen molar-refractivity contribution in [3.8, 4) is 24.7 Å². The second-order valence-corrected chi connectivity index (χ2v) is 10.1. The van der Waals surface area contributed by atoms with E-state index in [0.29, 0.717) is 38.6 Å². The zero-order valence-corrected chi connectivity index (χ0v) is 23.0. The topological polar surface area (TPSA) is 95.9 Å². The molecular formula is C33H43NO5. The molecule has 0 aliphatic heterocycles. The molecule has 0 spiro atoms. The molecule has 1 unspecified atom stereocenters. The van der Waals surface area contributed by atoms with Crippen molar-refractivity contribution in [1.29, 1.82) is 0 Å². The highest BCUT2D eigenvalue weighted by Crippen LogP contribution is 2.36. The van der Waals surface area contributed by atoms with Crippen LogP contribution >= 0.6 is 0 Å². The average Bonchev–Trinajstić information content (AvgIpc) is 3.19. The summed E-state index contributed by atoms with van der Waals surface area (Å²) in [7, 11) is 0. The number of carbonyl (C=O) groups excluding carboxylic acids is 2. The number of benzene rings is 1. The number of esters is 1. The lowest BCUT2D eigenvalue weighted by molar-refractivity contribution is -0.151. The number of hydrogen-bond acceptors (Lipinski definition) is 5. The minimum atomic E-state index is -0.687. The number of unbranched alkanes of at least 4 members (excludes halogenated alkanes) is 1. The zero-order chi connectivity index (χ0) is 28.5. The predicted molar refractivity (Wildman–Crippen MR) is 154 cm³/mol. The van der Waals surface area contributed by atoms with E-state index in [4.69, 9.17) is 17.6 Å². The molecule has 1 amide bonds. The molecule has 5 atom stereocenters. The highest BCUT2D eigenvalue weighted by Gasteiger charge is 2.39. The molecule has 6 nitrogen and oxygen atoms in total. The van der Waals surface area contributed by atoms with Crippen LogP contribution in [0.2, 0.25) is 0 Å². The molecule has 0 saturated heterocycles. The van der Waals surface area contributed by atoms with E-state index >= 15 is 0 Å². The maximum Gasteiger partial charge on any atom is 0.311 e. The van der Waals surface area contributed by atoms with E-state index in [1.807, 2.05) is 61.6 Å². The third kappa shape index (κ3) is 11.5. The normalized spacial score (nSPS) is 21.6. The maximum atomic E-state index is 12.9. The summed E-state index contributed by atoms with van der Waals surface area (Å²) in [5, 5.41) is 24.1. The van der Waals surface area contributed by atoms with E-state index in [9.17, 15) is 19.8 Å². The van der Waals surface area contributed by atoms with Crippen LogP contribution in [0.1, 0.15) is 63.9 Å². The van der Waals surface area contributed by atoms with Gasteiger partial charge in [-0.2, -0.15) is 0 Å². The summed E-state index contributed by atoms with van der Waals surface area (Å²) in [5.41, 5.74) is 1.13. The monoisotopic (exact) mass is 533 g/mol. The largest absolute Gasteiger partial charge is 0.458 e. The molecule has 2 rings (SSSR count). The fourth-order valence-electron chi connectivity index (χ4n) is 4.91. The first-order valence-electron chi connectivity index (χ1n) is 14.0. The molecule has 210 valence electrons. The number of allylic oxidation sites excluding steroid dienone is 2. The Hall–Kier alpha value is -3.32. The Balaban J connectivity index is 2.06. The van der Waals surface area contributed by atoms with E-state index in [2.05, 4.69) is 17.2 Å². The van der Waals surface area contributed by atoms with Gasteiger partial charge in [0.2, 0.25) is 5.91 Å². The molecule has 0 heterocycles. The molecule has 1 aliphatic carbocycles. The number of amides is 1. The van der Waals surface area contributed by atoms with Crippen molar-refractivity contribution in [2.24, 2.45) is 17.8 Å². The number of terminal acetylenes is 2. The van der Waals surface area contributed by atoms with Gasteiger partial charge in [0.25, 0.3) is 0 Å². The van der Waals surface area contributed by atoms with Gasteiger partial charge in [0.05, 0.1) is 18.1 Å². The second kappa shape index (κ2) is 18.1. The number of hydrogen-bond donors (Lipinski definition) is 3. The Bertz CT molecular complexity index is 1000. The number of aliphatic hydroxyl groups excluding tert-OH is 2. The van der Waals surface area contributed by atoms with Crippen LogP contribution in [0.4, 0.5) is 0 Å². The summed E-state index contributed by atoms with van der Waals surface area (Å²) in [5.74, 6) is 3.64. The van der Waals surface area contributed by atoms with E-state index in [1.165, 1.54) is 0 Å². The molecule has 39 heavy (non-hydrogen) atoms. The van der Waals surface area contributed by atoms with Gasteiger partial charge >= 0.3 is 5.97 Å². The van der Waals surface area contributed by atoms with Gasteiger partial charge in [0.15, 0.2) is 0 Å². The van der Waals surface area contributed by atoms with Crippen LogP contribution in [0.3, 0.4) is 0 Å². The molecule has 6 heteroatoms.